The van der Waals surface area contributed by atoms with Gasteiger partial charge in [-0.05, 0) is 25.7 Å². The van der Waals surface area contributed by atoms with Crippen molar-refractivity contribution in [3.8, 4) is 0 Å². The molecular weight excluding hydrogens is 417 g/mol. The van der Waals surface area contributed by atoms with Crippen LogP contribution in [0.3, 0.4) is 0 Å². The maximum absolute atomic E-state index is 11.1. The summed E-state index contributed by atoms with van der Waals surface area (Å²) in [5.74, 6) is 1.43. The Balaban J connectivity index is 0. The van der Waals surface area contributed by atoms with Crippen LogP contribution in [0.2, 0.25) is 0 Å². The van der Waals surface area contributed by atoms with Crippen LogP contribution in [-0.4, -0.2) is 59.2 Å². The predicted octanol–water partition coefficient (Wildman–Crippen LogP) is 1.66. The van der Waals surface area contributed by atoms with Gasteiger partial charge in [-0.15, -0.1) is 24.0 Å². The van der Waals surface area contributed by atoms with Crippen LogP contribution in [0.5, 0.6) is 0 Å². The van der Waals surface area contributed by atoms with Crippen LogP contribution in [0.25, 0.3) is 0 Å². The number of aliphatic imine (C=N–C) groups is 1. The number of nitrogens with zero attached hydrogens (tertiary/aromatic N) is 1. The number of halogens is 1. The Bertz CT molecular complexity index is 400. The zero-order valence-electron chi connectivity index (χ0n) is 14.4. The Morgan fingerprint density at radius 2 is 1.91 bits per heavy atom. The quantitative estimate of drug-likeness (QED) is 0.230. The van der Waals surface area contributed by atoms with Gasteiger partial charge in [0.2, 0.25) is 0 Å². The molecule has 8 heteroatoms. The molecule has 0 bridgehead atoms. The minimum Gasteiger partial charge on any atom is -0.381 e. The lowest BCUT2D eigenvalue weighted by Crippen LogP contribution is -2.43. The minimum absolute atomic E-state index is 0. The van der Waals surface area contributed by atoms with E-state index in [0.29, 0.717) is 18.3 Å². The van der Waals surface area contributed by atoms with E-state index in [1.165, 1.54) is 6.26 Å². The van der Waals surface area contributed by atoms with E-state index in [0.717, 1.165) is 26.2 Å². The van der Waals surface area contributed by atoms with Crippen molar-refractivity contribution >= 4 is 39.8 Å². The number of guanidine groups is 1. The van der Waals surface area contributed by atoms with Gasteiger partial charge in [-0.1, -0.05) is 13.8 Å². The Labute approximate surface area is 152 Å². The average Bonchev–Trinajstić information content (AvgIpc) is 2.37. The molecule has 0 aromatic heterocycles. The van der Waals surface area contributed by atoms with Gasteiger partial charge in [0.15, 0.2) is 5.96 Å². The highest BCUT2D eigenvalue weighted by Crippen LogP contribution is 1.96. The molecule has 0 aliphatic rings. The standard InChI is InChI=1S/C14H31N3O3S.HI/c1-12(2)11-20-9-6-8-16-14(15-4)17-13(3)7-10-21(5,18)19;/h12-13H,6-11H2,1-5H3,(H2,15,16,17);1H. The van der Waals surface area contributed by atoms with Crippen LogP contribution in [-0.2, 0) is 14.6 Å². The van der Waals surface area contributed by atoms with E-state index in [2.05, 4.69) is 29.5 Å². The molecule has 0 aliphatic heterocycles. The molecule has 1 atom stereocenters. The number of sulfone groups is 1. The fraction of sp³-hybridized carbons (Fsp3) is 0.929. The molecule has 6 nitrogen and oxygen atoms in total. The van der Waals surface area contributed by atoms with E-state index in [-0.39, 0.29) is 35.8 Å². The Hall–Kier alpha value is -0.0900. The summed E-state index contributed by atoms with van der Waals surface area (Å²) in [7, 11) is -1.21. The number of nitrogens with one attached hydrogen (secondary N) is 2. The normalized spacial score (nSPS) is 13.6. The highest BCUT2D eigenvalue weighted by molar-refractivity contribution is 14.0. The van der Waals surface area contributed by atoms with Gasteiger partial charge in [-0.2, -0.15) is 0 Å². The topological polar surface area (TPSA) is 79.8 Å². The lowest BCUT2D eigenvalue weighted by Gasteiger charge is -2.17. The molecule has 0 amide bonds. The van der Waals surface area contributed by atoms with Crippen LogP contribution in [0.15, 0.2) is 4.99 Å². The van der Waals surface area contributed by atoms with Gasteiger partial charge in [0.25, 0.3) is 0 Å². The molecule has 0 saturated carbocycles. The van der Waals surface area contributed by atoms with Crippen LogP contribution < -0.4 is 10.6 Å². The first kappa shape index (κ1) is 24.2. The van der Waals surface area contributed by atoms with Crippen molar-refractivity contribution in [2.45, 2.75) is 39.7 Å². The van der Waals surface area contributed by atoms with Crippen molar-refractivity contribution in [1.29, 1.82) is 0 Å². The SMILES string of the molecule is CN=C(NCCCOCC(C)C)NC(C)CCS(C)(=O)=O.I. The summed E-state index contributed by atoms with van der Waals surface area (Å²) in [6, 6.07) is 0.0584. The van der Waals surface area contributed by atoms with Crippen LogP contribution in [0.1, 0.15) is 33.6 Å². The molecule has 0 aromatic rings. The van der Waals surface area contributed by atoms with Gasteiger partial charge in [0, 0.05) is 39.1 Å². The summed E-state index contributed by atoms with van der Waals surface area (Å²) in [6.07, 6.45) is 2.73. The molecule has 22 heavy (non-hydrogen) atoms. The first-order valence-electron chi connectivity index (χ1n) is 7.47. The molecule has 0 rings (SSSR count). The van der Waals surface area contributed by atoms with Crippen molar-refractivity contribution < 1.29 is 13.2 Å². The fourth-order valence-corrected chi connectivity index (χ4v) is 2.37. The van der Waals surface area contributed by atoms with E-state index in [1.54, 1.807) is 7.05 Å². The molecular formula is C14H32IN3O3S. The van der Waals surface area contributed by atoms with Gasteiger partial charge in [-0.25, -0.2) is 8.42 Å². The smallest absolute Gasteiger partial charge is 0.191 e. The van der Waals surface area contributed by atoms with Gasteiger partial charge in [0.05, 0.1) is 5.75 Å². The maximum Gasteiger partial charge on any atom is 0.191 e. The van der Waals surface area contributed by atoms with E-state index >= 15 is 0 Å². The zero-order valence-corrected chi connectivity index (χ0v) is 17.5. The van der Waals surface area contributed by atoms with Gasteiger partial charge in [0.1, 0.15) is 9.84 Å². The van der Waals surface area contributed by atoms with E-state index in [1.807, 2.05) is 6.92 Å². The highest BCUT2D eigenvalue weighted by Gasteiger charge is 2.09. The summed E-state index contributed by atoms with van der Waals surface area (Å²) in [6.45, 7) is 8.49. The van der Waals surface area contributed by atoms with Crippen molar-refractivity contribution in [2.24, 2.45) is 10.9 Å². The number of hydrogen-bond donors (Lipinski definition) is 2. The van der Waals surface area contributed by atoms with Crippen molar-refractivity contribution in [2.75, 3.05) is 38.8 Å². The molecule has 0 aliphatic carbocycles. The molecule has 2 N–H and O–H groups in total. The van der Waals surface area contributed by atoms with E-state index in [4.69, 9.17) is 4.74 Å². The molecule has 0 radical (unpaired) electrons. The van der Waals surface area contributed by atoms with Crippen LogP contribution in [0.4, 0.5) is 0 Å². The van der Waals surface area contributed by atoms with Gasteiger partial charge >= 0.3 is 0 Å². The van der Waals surface area contributed by atoms with E-state index < -0.39 is 9.84 Å². The monoisotopic (exact) mass is 449 g/mol. The van der Waals surface area contributed by atoms with E-state index in [9.17, 15) is 8.42 Å². The summed E-state index contributed by atoms with van der Waals surface area (Å²) >= 11 is 0. The molecule has 134 valence electrons. The first-order valence-corrected chi connectivity index (χ1v) is 9.53. The third-order valence-corrected chi connectivity index (χ3v) is 3.71. The average molecular weight is 449 g/mol. The summed E-state index contributed by atoms with van der Waals surface area (Å²) in [5.41, 5.74) is 0. The maximum atomic E-state index is 11.1. The Morgan fingerprint density at radius 3 is 2.41 bits per heavy atom. The summed E-state index contributed by atoms with van der Waals surface area (Å²) in [4.78, 5) is 4.12. The second kappa shape index (κ2) is 13.4. The number of hydrogen-bond acceptors (Lipinski definition) is 4. The predicted molar refractivity (Wildman–Crippen MR) is 104 cm³/mol. The van der Waals surface area contributed by atoms with Crippen molar-refractivity contribution in [3.05, 3.63) is 0 Å². The third-order valence-electron chi connectivity index (χ3n) is 2.74. The summed E-state index contributed by atoms with van der Waals surface area (Å²) in [5, 5.41) is 6.38. The Morgan fingerprint density at radius 1 is 1.27 bits per heavy atom. The van der Waals surface area contributed by atoms with Crippen molar-refractivity contribution in [1.82, 2.24) is 10.6 Å². The largest absolute Gasteiger partial charge is 0.381 e. The second-order valence-electron chi connectivity index (χ2n) is 5.79. The lowest BCUT2D eigenvalue weighted by atomic mass is 10.2. The second-order valence-corrected chi connectivity index (χ2v) is 8.04. The molecule has 0 saturated heterocycles. The minimum atomic E-state index is -2.91. The molecule has 0 spiro atoms. The van der Waals surface area contributed by atoms with Crippen LogP contribution in [0, 0.1) is 5.92 Å². The fourth-order valence-electron chi connectivity index (χ4n) is 1.59. The van der Waals surface area contributed by atoms with Crippen molar-refractivity contribution in [3.63, 3.8) is 0 Å². The molecule has 0 aromatic carbocycles. The third kappa shape index (κ3) is 16.3. The van der Waals surface area contributed by atoms with Gasteiger partial charge < -0.3 is 15.4 Å². The highest BCUT2D eigenvalue weighted by atomic mass is 127. The molecule has 0 fully saturated rings. The van der Waals surface area contributed by atoms with Crippen LogP contribution >= 0.6 is 24.0 Å². The molecule has 0 heterocycles. The molecule has 1 unspecified atom stereocenters. The zero-order chi connectivity index (χ0) is 16.3. The lowest BCUT2D eigenvalue weighted by molar-refractivity contribution is 0.108. The van der Waals surface area contributed by atoms with Gasteiger partial charge in [-0.3, -0.25) is 4.99 Å². The summed E-state index contributed by atoms with van der Waals surface area (Å²) < 4.78 is 27.7. The number of rotatable bonds is 10. The Kier molecular flexibility index (Phi) is 14.7. The first-order chi connectivity index (χ1) is 9.74. The number of ether oxygens (including phenoxy) is 1.